The van der Waals surface area contributed by atoms with Gasteiger partial charge in [0.2, 0.25) is 11.8 Å². The Hall–Kier alpha value is -4.16. The molecule has 41 heavy (non-hydrogen) atoms. The number of nitrogens with zero attached hydrogens (tertiary/aromatic N) is 5. The molecule has 3 aromatic rings. The third kappa shape index (κ3) is 7.14. The number of anilines is 2. The number of hydrogen-bond donors (Lipinski definition) is 3. The summed E-state index contributed by atoms with van der Waals surface area (Å²) in [6.45, 7) is 3.54. The second-order valence-corrected chi connectivity index (χ2v) is 10.3. The highest BCUT2D eigenvalue weighted by molar-refractivity contribution is 6.31. The molecule has 0 aliphatic heterocycles. The molecule has 0 amide bonds. The van der Waals surface area contributed by atoms with E-state index in [1.165, 1.54) is 49.3 Å². The highest BCUT2D eigenvalue weighted by Gasteiger charge is 2.30. The number of nitrogens with two attached hydrogens (primary N) is 1. The van der Waals surface area contributed by atoms with Crippen LogP contribution in [0.4, 0.5) is 21.7 Å². The fourth-order valence-electron chi connectivity index (χ4n) is 3.92. The number of aromatic nitrogens is 3. The van der Waals surface area contributed by atoms with E-state index in [0.717, 1.165) is 6.07 Å². The maximum Gasteiger partial charge on any atom is 0.352 e. The molecular weight excluding hydrogens is 576 g/mol. The van der Waals surface area contributed by atoms with Crippen molar-refractivity contribution in [2.24, 2.45) is 23.7 Å². The Balaban J connectivity index is 2.38. The van der Waals surface area contributed by atoms with E-state index in [-0.39, 0.29) is 44.1 Å². The highest BCUT2D eigenvalue weighted by Crippen LogP contribution is 2.35. The Morgan fingerprint density at radius 3 is 2.51 bits per heavy atom. The van der Waals surface area contributed by atoms with Crippen molar-refractivity contribution in [3.05, 3.63) is 79.7 Å². The van der Waals surface area contributed by atoms with Crippen LogP contribution in [0.5, 0.6) is 5.88 Å². The molecule has 14 heteroatoms. The van der Waals surface area contributed by atoms with Gasteiger partial charge in [0.05, 0.1) is 35.1 Å². The predicted molar refractivity (Wildman–Crippen MR) is 158 cm³/mol. The normalized spacial score (nSPS) is 13.1. The molecule has 2 aromatic heterocycles. The van der Waals surface area contributed by atoms with Crippen molar-refractivity contribution in [1.29, 1.82) is 0 Å². The van der Waals surface area contributed by atoms with E-state index < -0.39 is 35.0 Å². The van der Waals surface area contributed by atoms with Crippen molar-refractivity contribution in [2.75, 3.05) is 31.4 Å². The minimum atomic E-state index is -1.46. The summed E-state index contributed by atoms with van der Waals surface area (Å²) < 4.78 is 21.4. The summed E-state index contributed by atoms with van der Waals surface area (Å²) >= 11 is 12.2. The summed E-state index contributed by atoms with van der Waals surface area (Å²) in [7, 11) is 6.43. The Morgan fingerprint density at radius 2 is 1.95 bits per heavy atom. The lowest BCUT2D eigenvalue weighted by molar-refractivity contribution is -0.132. The van der Waals surface area contributed by atoms with Crippen molar-refractivity contribution in [3.8, 4) is 5.88 Å². The largest absolute Gasteiger partial charge is 0.479 e. The average Bonchev–Trinajstić information content (AvgIpc) is 2.91. The number of benzene rings is 1. The molecule has 0 aliphatic rings. The molecule has 1 unspecified atom stereocenters. The third-order valence-electron chi connectivity index (χ3n) is 5.92. The van der Waals surface area contributed by atoms with Gasteiger partial charge in [-0.3, -0.25) is 4.79 Å². The molecule has 4 N–H and O–H groups in total. The first-order valence-electron chi connectivity index (χ1n) is 12.2. The number of methoxy groups -OCH3 is 1. The van der Waals surface area contributed by atoms with Crippen molar-refractivity contribution in [2.45, 2.75) is 19.9 Å². The summed E-state index contributed by atoms with van der Waals surface area (Å²) in [6.07, 6.45) is 2.84. The number of aliphatic carboxylic acids is 1. The van der Waals surface area contributed by atoms with Crippen LogP contribution in [-0.2, 0) is 11.8 Å². The zero-order chi connectivity index (χ0) is 30.6. The molecule has 0 bridgehead atoms. The van der Waals surface area contributed by atoms with Crippen LogP contribution < -0.4 is 26.2 Å². The molecule has 2 heterocycles. The van der Waals surface area contributed by atoms with Crippen molar-refractivity contribution < 1.29 is 19.0 Å². The highest BCUT2D eigenvalue weighted by atomic mass is 35.5. The van der Waals surface area contributed by atoms with Gasteiger partial charge in [-0.15, -0.1) is 0 Å². The summed E-state index contributed by atoms with van der Waals surface area (Å²) in [4.78, 5) is 40.4. The molecule has 0 radical (unpaired) electrons. The van der Waals surface area contributed by atoms with Crippen molar-refractivity contribution in [1.82, 2.24) is 14.5 Å². The lowest BCUT2D eigenvalue weighted by Gasteiger charge is -2.27. The number of aryl methyl sites for hydroxylation is 1. The van der Waals surface area contributed by atoms with Crippen LogP contribution in [0, 0.1) is 11.7 Å². The molecule has 11 nitrogen and oxygen atoms in total. The van der Waals surface area contributed by atoms with E-state index in [4.69, 9.17) is 38.7 Å². The van der Waals surface area contributed by atoms with E-state index in [1.807, 2.05) is 0 Å². The van der Waals surface area contributed by atoms with Crippen LogP contribution >= 0.6 is 23.2 Å². The van der Waals surface area contributed by atoms with E-state index in [9.17, 15) is 19.1 Å². The van der Waals surface area contributed by atoms with Crippen LogP contribution in [0.3, 0.4) is 0 Å². The topological polar surface area (TPSA) is 148 Å². The second kappa shape index (κ2) is 13.0. The first-order valence-corrected chi connectivity index (χ1v) is 13.0. The van der Waals surface area contributed by atoms with Gasteiger partial charge in [-0.05, 0) is 29.7 Å². The number of hydrogen-bond acceptors (Lipinski definition) is 9. The number of carbonyl (C=O) groups is 1. The van der Waals surface area contributed by atoms with E-state index in [2.05, 4.69) is 15.3 Å². The van der Waals surface area contributed by atoms with Gasteiger partial charge in [-0.25, -0.2) is 19.2 Å². The van der Waals surface area contributed by atoms with Gasteiger partial charge < -0.3 is 30.4 Å². The van der Waals surface area contributed by atoms with E-state index >= 15 is 0 Å². The van der Waals surface area contributed by atoms with Gasteiger partial charge in [0, 0.05) is 32.9 Å². The standard InChI is InChI=1S/C27H30Cl2FN7O4/c1-13(2)22(34-19-11-32-27(36(3)4)35-24(19)41-6)20(21(31)26(39)40)23(14-7-8-16(29)17(30)9-14)33-18-10-15(28)12-37(5)25(18)38/h7-13,23,33H,31H2,1-6H3,(H,39,40). The number of rotatable bonds is 10. The van der Waals surface area contributed by atoms with Crippen LogP contribution in [-0.4, -0.2) is 52.5 Å². The first-order chi connectivity index (χ1) is 19.2. The molecule has 0 spiro atoms. The minimum absolute atomic E-state index is 0.00963. The monoisotopic (exact) mass is 605 g/mol. The molecule has 218 valence electrons. The summed E-state index contributed by atoms with van der Waals surface area (Å²) in [5, 5.41) is 13.2. The van der Waals surface area contributed by atoms with Crippen LogP contribution in [0.15, 0.2) is 57.7 Å². The smallest absolute Gasteiger partial charge is 0.352 e. The molecule has 1 aromatic carbocycles. The zero-order valence-electron chi connectivity index (χ0n) is 23.2. The summed E-state index contributed by atoms with van der Waals surface area (Å²) in [5.41, 5.74) is 5.72. The quantitative estimate of drug-likeness (QED) is 0.223. The molecule has 1 atom stereocenters. The van der Waals surface area contributed by atoms with Gasteiger partial charge in [0.1, 0.15) is 22.9 Å². The number of nitrogens with one attached hydrogen (secondary N) is 1. The van der Waals surface area contributed by atoms with Crippen molar-refractivity contribution >= 4 is 52.2 Å². The number of ether oxygens (including phenoxy) is 1. The fourth-order valence-corrected chi connectivity index (χ4v) is 4.30. The molecule has 0 saturated heterocycles. The van der Waals surface area contributed by atoms with E-state index in [1.54, 1.807) is 32.8 Å². The SMILES string of the molecule is COc1nc(N(C)C)ncc1N=C(C(=C(N)C(=O)O)C(Nc1cc(Cl)cn(C)c1=O)c1ccc(Cl)c(F)c1)C(C)C. The number of halogens is 3. The lowest BCUT2D eigenvalue weighted by Crippen LogP contribution is -2.31. The van der Waals surface area contributed by atoms with Crippen LogP contribution in [0.25, 0.3) is 0 Å². The first kappa shape index (κ1) is 31.4. The maximum absolute atomic E-state index is 14.7. The Labute approximate surface area is 246 Å². The third-order valence-corrected chi connectivity index (χ3v) is 6.43. The number of aliphatic imine (C=N–C) groups is 1. The molecule has 3 rings (SSSR count). The fraction of sp³-hybridized carbons (Fsp3) is 0.296. The van der Waals surface area contributed by atoms with Gasteiger partial charge >= 0.3 is 5.97 Å². The van der Waals surface area contributed by atoms with Crippen molar-refractivity contribution in [3.63, 3.8) is 0 Å². The molecule has 0 fully saturated rings. The van der Waals surface area contributed by atoms with Crippen LogP contribution in [0.1, 0.15) is 25.5 Å². The second-order valence-electron chi connectivity index (χ2n) is 9.48. The van der Waals surface area contributed by atoms with Crippen LogP contribution in [0.2, 0.25) is 10.0 Å². The average molecular weight is 606 g/mol. The number of pyridine rings is 1. The number of carboxylic acid groups (broad SMARTS) is 1. The molecule has 0 saturated carbocycles. The van der Waals surface area contributed by atoms with E-state index in [0.29, 0.717) is 5.95 Å². The maximum atomic E-state index is 14.7. The molecule has 0 aliphatic carbocycles. The summed E-state index contributed by atoms with van der Waals surface area (Å²) in [6, 6.07) is 4.10. The Kier molecular flexibility index (Phi) is 9.95. The van der Waals surface area contributed by atoms with Gasteiger partial charge in [0.15, 0.2) is 0 Å². The van der Waals surface area contributed by atoms with Gasteiger partial charge in [0.25, 0.3) is 5.56 Å². The van der Waals surface area contributed by atoms with Gasteiger partial charge in [-0.1, -0.05) is 43.1 Å². The molecular formula is C27H30Cl2FN7O4. The zero-order valence-corrected chi connectivity index (χ0v) is 24.7. The predicted octanol–water partition coefficient (Wildman–Crippen LogP) is 4.58. The Morgan fingerprint density at radius 1 is 1.27 bits per heavy atom. The lowest BCUT2D eigenvalue weighted by atomic mass is 9.87. The number of carboxylic acids is 1. The van der Waals surface area contributed by atoms with Gasteiger partial charge in [-0.2, -0.15) is 4.98 Å². The Bertz CT molecular complexity index is 1590. The minimum Gasteiger partial charge on any atom is -0.479 e. The summed E-state index contributed by atoms with van der Waals surface area (Å²) in [5.74, 6) is -2.17.